The van der Waals surface area contributed by atoms with Crippen LogP contribution in [0.1, 0.15) is 13.8 Å². The minimum absolute atomic E-state index is 0.165. The SMILES string of the molecule is CC(C)CN1CCOC(/C(N)=N/O)C1. The predicted octanol–water partition coefficient (Wildman–Crippen LogP) is 0.0896. The quantitative estimate of drug-likeness (QED) is 0.294. The largest absolute Gasteiger partial charge is 0.409 e. The van der Waals surface area contributed by atoms with Crippen LogP contribution in [0.2, 0.25) is 0 Å². The van der Waals surface area contributed by atoms with E-state index in [4.69, 9.17) is 15.7 Å². The third kappa shape index (κ3) is 3.16. The highest BCUT2D eigenvalue weighted by molar-refractivity contribution is 5.84. The Hall–Kier alpha value is -0.810. The summed E-state index contributed by atoms with van der Waals surface area (Å²) < 4.78 is 5.38. The standard InChI is InChI=1S/C9H19N3O2/c1-7(2)5-12-3-4-14-8(6-12)9(10)11-13/h7-8,13H,3-6H2,1-2H3,(H2,10,11). The van der Waals surface area contributed by atoms with Crippen LogP contribution < -0.4 is 5.73 Å². The van der Waals surface area contributed by atoms with E-state index in [0.29, 0.717) is 19.1 Å². The van der Waals surface area contributed by atoms with Gasteiger partial charge in [0, 0.05) is 19.6 Å². The summed E-state index contributed by atoms with van der Waals surface area (Å²) in [7, 11) is 0. The number of oxime groups is 1. The molecular formula is C9H19N3O2. The van der Waals surface area contributed by atoms with Crippen LogP contribution in [0.15, 0.2) is 5.16 Å². The van der Waals surface area contributed by atoms with Crippen LogP contribution in [0.5, 0.6) is 0 Å². The Kier molecular flexibility index (Phi) is 4.16. The van der Waals surface area contributed by atoms with Crippen LogP contribution in [-0.4, -0.2) is 48.3 Å². The molecule has 1 unspecified atom stereocenters. The zero-order valence-corrected chi connectivity index (χ0v) is 8.81. The number of rotatable bonds is 3. The van der Waals surface area contributed by atoms with Gasteiger partial charge in [-0.05, 0) is 5.92 Å². The van der Waals surface area contributed by atoms with Gasteiger partial charge in [-0.25, -0.2) is 0 Å². The maximum absolute atomic E-state index is 8.52. The van der Waals surface area contributed by atoms with E-state index in [1.807, 2.05) is 0 Å². The highest BCUT2D eigenvalue weighted by Crippen LogP contribution is 2.07. The van der Waals surface area contributed by atoms with Crippen molar-refractivity contribution in [1.82, 2.24) is 4.90 Å². The summed E-state index contributed by atoms with van der Waals surface area (Å²) in [5.41, 5.74) is 5.49. The Morgan fingerprint density at radius 3 is 3.00 bits per heavy atom. The third-order valence-corrected chi connectivity index (χ3v) is 2.22. The van der Waals surface area contributed by atoms with Crippen molar-refractivity contribution in [3.05, 3.63) is 0 Å². The summed E-state index contributed by atoms with van der Waals surface area (Å²) in [5.74, 6) is 0.791. The van der Waals surface area contributed by atoms with Crippen molar-refractivity contribution < 1.29 is 9.94 Å². The van der Waals surface area contributed by atoms with Crippen LogP contribution in [0.25, 0.3) is 0 Å². The van der Waals surface area contributed by atoms with Gasteiger partial charge in [0.1, 0.15) is 6.10 Å². The second kappa shape index (κ2) is 5.17. The van der Waals surface area contributed by atoms with Crippen LogP contribution in [0.3, 0.4) is 0 Å². The molecular weight excluding hydrogens is 182 g/mol. The van der Waals surface area contributed by atoms with Crippen molar-refractivity contribution >= 4 is 5.84 Å². The topological polar surface area (TPSA) is 71.1 Å². The fourth-order valence-corrected chi connectivity index (χ4v) is 1.63. The molecule has 1 atom stereocenters. The fraction of sp³-hybridized carbons (Fsp3) is 0.889. The molecule has 1 aliphatic rings. The Morgan fingerprint density at radius 2 is 2.43 bits per heavy atom. The van der Waals surface area contributed by atoms with Crippen molar-refractivity contribution in [3.8, 4) is 0 Å². The molecule has 0 spiro atoms. The number of hydrogen-bond acceptors (Lipinski definition) is 4. The summed E-state index contributed by atoms with van der Waals surface area (Å²) in [5, 5.41) is 11.5. The lowest BCUT2D eigenvalue weighted by atomic mass is 10.2. The lowest BCUT2D eigenvalue weighted by Gasteiger charge is -2.33. The van der Waals surface area contributed by atoms with Crippen LogP contribution in [0.4, 0.5) is 0 Å². The molecule has 0 aromatic carbocycles. The van der Waals surface area contributed by atoms with Gasteiger partial charge in [0.2, 0.25) is 0 Å². The highest BCUT2D eigenvalue weighted by Gasteiger charge is 2.23. The van der Waals surface area contributed by atoms with Gasteiger partial charge in [-0.1, -0.05) is 19.0 Å². The van der Waals surface area contributed by atoms with E-state index in [0.717, 1.165) is 13.1 Å². The van der Waals surface area contributed by atoms with Crippen molar-refractivity contribution in [2.75, 3.05) is 26.2 Å². The van der Waals surface area contributed by atoms with Crippen molar-refractivity contribution in [2.45, 2.75) is 20.0 Å². The zero-order chi connectivity index (χ0) is 10.6. The Morgan fingerprint density at radius 1 is 1.71 bits per heavy atom. The first-order valence-corrected chi connectivity index (χ1v) is 4.95. The van der Waals surface area contributed by atoms with Gasteiger partial charge in [0.05, 0.1) is 6.61 Å². The van der Waals surface area contributed by atoms with Crippen LogP contribution in [-0.2, 0) is 4.74 Å². The molecule has 5 heteroatoms. The van der Waals surface area contributed by atoms with Crippen LogP contribution >= 0.6 is 0 Å². The molecule has 0 aromatic heterocycles. The van der Waals surface area contributed by atoms with Gasteiger partial charge in [-0.15, -0.1) is 0 Å². The average molecular weight is 201 g/mol. The monoisotopic (exact) mass is 201 g/mol. The van der Waals surface area contributed by atoms with Crippen molar-refractivity contribution in [3.63, 3.8) is 0 Å². The highest BCUT2D eigenvalue weighted by atomic mass is 16.5. The fourth-order valence-electron chi connectivity index (χ4n) is 1.63. The Bertz CT molecular complexity index is 206. The van der Waals surface area contributed by atoms with Gasteiger partial charge in [0.15, 0.2) is 5.84 Å². The third-order valence-electron chi connectivity index (χ3n) is 2.22. The lowest BCUT2D eigenvalue weighted by molar-refractivity contribution is 0.000697. The number of nitrogens with zero attached hydrogens (tertiary/aromatic N) is 2. The number of hydrogen-bond donors (Lipinski definition) is 2. The number of nitrogens with two attached hydrogens (primary N) is 1. The molecule has 0 saturated carbocycles. The van der Waals surface area contributed by atoms with E-state index in [1.165, 1.54) is 0 Å². The molecule has 3 N–H and O–H groups in total. The normalized spacial score (nSPS) is 25.6. The smallest absolute Gasteiger partial charge is 0.169 e. The van der Waals surface area contributed by atoms with E-state index in [9.17, 15) is 0 Å². The zero-order valence-electron chi connectivity index (χ0n) is 8.81. The summed E-state index contributed by atoms with van der Waals surface area (Å²) in [4.78, 5) is 2.27. The van der Waals surface area contributed by atoms with Crippen LogP contribution in [0, 0.1) is 5.92 Å². The summed E-state index contributed by atoms with van der Waals surface area (Å²) in [6.07, 6.45) is -0.257. The number of morpholine rings is 1. The van der Waals surface area contributed by atoms with Crippen molar-refractivity contribution in [2.24, 2.45) is 16.8 Å². The maximum Gasteiger partial charge on any atom is 0.169 e. The average Bonchev–Trinajstić information content (AvgIpc) is 2.16. The summed E-state index contributed by atoms with van der Waals surface area (Å²) in [6, 6.07) is 0. The predicted molar refractivity (Wildman–Crippen MR) is 54.4 cm³/mol. The molecule has 0 aliphatic carbocycles. The molecule has 0 aromatic rings. The first kappa shape index (κ1) is 11.3. The molecule has 5 nitrogen and oxygen atoms in total. The van der Waals surface area contributed by atoms with E-state index in [1.54, 1.807) is 0 Å². The maximum atomic E-state index is 8.52. The van der Waals surface area contributed by atoms with Crippen molar-refractivity contribution in [1.29, 1.82) is 0 Å². The van der Waals surface area contributed by atoms with Gasteiger partial charge in [-0.3, -0.25) is 4.90 Å². The molecule has 1 heterocycles. The molecule has 0 amide bonds. The minimum atomic E-state index is -0.257. The molecule has 1 aliphatic heterocycles. The molecule has 14 heavy (non-hydrogen) atoms. The van der Waals surface area contributed by atoms with Gasteiger partial charge >= 0.3 is 0 Å². The summed E-state index contributed by atoms with van der Waals surface area (Å²) in [6.45, 7) is 7.66. The molecule has 1 fully saturated rings. The first-order valence-electron chi connectivity index (χ1n) is 4.95. The number of ether oxygens (including phenoxy) is 1. The number of amidine groups is 1. The van der Waals surface area contributed by atoms with Gasteiger partial charge in [0.25, 0.3) is 0 Å². The molecule has 1 saturated heterocycles. The van der Waals surface area contributed by atoms with E-state index in [2.05, 4.69) is 23.9 Å². The molecule has 0 radical (unpaired) electrons. The Labute approximate surface area is 84.5 Å². The lowest BCUT2D eigenvalue weighted by Crippen LogP contribution is -2.49. The van der Waals surface area contributed by atoms with Gasteiger partial charge in [-0.2, -0.15) is 0 Å². The molecule has 82 valence electrons. The van der Waals surface area contributed by atoms with E-state index < -0.39 is 0 Å². The second-order valence-electron chi connectivity index (χ2n) is 4.04. The molecule has 0 bridgehead atoms. The van der Waals surface area contributed by atoms with Gasteiger partial charge < -0.3 is 15.7 Å². The van der Waals surface area contributed by atoms with E-state index >= 15 is 0 Å². The first-order chi connectivity index (χ1) is 6.63. The summed E-state index contributed by atoms with van der Waals surface area (Å²) >= 11 is 0. The molecule has 1 rings (SSSR count). The minimum Gasteiger partial charge on any atom is -0.409 e. The van der Waals surface area contributed by atoms with E-state index in [-0.39, 0.29) is 11.9 Å². The Balaban J connectivity index is 2.43. The second-order valence-corrected chi connectivity index (χ2v) is 4.04.